The van der Waals surface area contributed by atoms with Gasteiger partial charge in [0.05, 0.1) is 0 Å². The normalized spacial score (nSPS) is 12.5. The van der Waals surface area contributed by atoms with Gasteiger partial charge < -0.3 is 27.9 Å². The summed E-state index contributed by atoms with van der Waals surface area (Å²) in [5.41, 5.74) is 0. The van der Waals surface area contributed by atoms with Gasteiger partial charge in [-0.1, -0.05) is 0 Å². The van der Waals surface area contributed by atoms with Crippen molar-refractivity contribution in [3.8, 4) is 0 Å². The molecule has 0 spiro atoms. The molecule has 0 heterocycles. The molecule has 0 amide bonds. The number of aliphatic hydroxyl groups excluding tert-OH is 1. The maximum absolute atomic E-state index is 12.1. The van der Waals surface area contributed by atoms with Crippen molar-refractivity contribution >= 4 is 9.05 Å². The van der Waals surface area contributed by atoms with Crippen LogP contribution in [0.4, 0.5) is 35.1 Å². The zero-order valence-corrected chi connectivity index (χ0v) is 17.8. The first-order valence-corrected chi connectivity index (χ1v) is 7.52. The minimum atomic E-state index is -6.30. The summed E-state index contributed by atoms with van der Waals surface area (Å²) >= 11 is 0. The van der Waals surface area contributed by atoms with Gasteiger partial charge in [-0.05, 0) is 0 Å². The van der Waals surface area contributed by atoms with Crippen molar-refractivity contribution in [2.75, 3.05) is 42.2 Å². The van der Waals surface area contributed by atoms with Gasteiger partial charge in [0, 0.05) is 28.4 Å². The number of hydrogen-bond donors (Lipinski definition) is 1. The molecule has 0 rings (SSSR count). The molecule has 156 valence electrons. The molecule has 0 saturated heterocycles. The van der Waals surface area contributed by atoms with Gasteiger partial charge in [-0.2, -0.15) is 33.5 Å². The van der Waals surface area contributed by atoms with E-state index >= 15 is 0 Å². The summed E-state index contributed by atoms with van der Waals surface area (Å²) < 4.78 is 114. The van der Waals surface area contributed by atoms with E-state index in [9.17, 15) is 35.1 Å². The first-order valence-electron chi connectivity index (χ1n) is 5.89. The van der Waals surface area contributed by atoms with Crippen molar-refractivity contribution in [3.05, 3.63) is 0 Å². The Morgan fingerprint density at radius 1 is 0.846 bits per heavy atom. The smallest absolute Gasteiger partial charge is 0.857 e. The van der Waals surface area contributed by atoms with Crippen LogP contribution in [-0.2, 0) is 17.7 Å². The van der Waals surface area contributed by atoms with Crippen LogP contribution in [0.25, 0.3) is 0 Å². The van der Waals surface area contributed by atoms with Gasteiger partial charge in [0.15, 0.2) is 0 Å². The molecule has 0 aromatic rings. The third-order valence-electron chi connectivity index (χ3n) is 2.35. The average Bonchev–Trinajstić information content (AvgIpc) is 2.59. The quantitative estimate of drug-likeness (QED) is 0.354. The Morgan fingerprint density at radius 2 is 1.12 bits per heavy atom. The SMILES string of the molecule is CO[Si](OC)(OC)OC.C[O-].OCC(F)(F)C(F)(F)C(F)(F)C(F)F.[Na+]. The maximum atomic E-state index is 12.1. The van der Waals surface area contributed by atoms with Crippen molar-refractivity contribution in [1.82, 2.24) is 0 Å². The van der Waals surface area contributed by atoms with Crippen LogP contribution in [0.2, 0.25) is 0 Å². The second-order valence-corrected chi connectivity index (χ2v) is 6.31. The van der Waals surface area contributed by atoms with E-state index in [2.05, 4.69) is 0 Å². The summed E-state index contributed by atoms with van der Waals surface area (Å²) in [5, 5.41) is 15.9. The molecule has 0 atom stereocenters. The van der Waals surface area contributed by atoms with Crippen LogP contribution in [0.15, 0.2) is 0 Å². The van der Waals surface area contributed by atoms with Crippen molar-refractivity contribution < 1.29 is 92.6 Å². The molecule has 0 saturated carbocycles. The fraction of sp³-hybridized carbons (Fsp3) is 1.00. The Labute approximate surface area is 168 Å². The first-order chi connectivity index (χ1) is 11.2. The Kier molecular flexibility index (Phi) is 18.8. The van der Waals surface area contributed by atoms with E-state index < -0.39 is 39.8 Å². The van der Waals surface area contributed by atoms with Gasteiger partial charge in [-0.15, -0.1) is 0 Å². The molecule has 0 aliphatic heterocycles. The standard InChI is InChI=1S/C5H4F8O.C4H12O4Si.CH3O.Na/c6-2(7)4(10,11)5(12,13)3(8,9)1-14;1-5-9(6-2,7-3)8-4;1-2;/h2,14H,1H2;1-4H3;1H3;/q;;-1;+1. The van der Waals surface area contributed by atoms with Crippen LogP contribution in [-0.4, -0.2) is 80.5 Å². The summed E-state index contributed by atoms with van der Waals surface area (Å²) in [5.74, 6) is -18.1. The number of halogens is 8. The predicted molar refractivity (Wildman–Crippen MR) is 67.6 cm³/mol. The summed E-state index contributed by atoms with van der Waals surface area (Å²) in [6.45, 7) is -2.65. The largest absolute Gasteiger partial charge is 1.00 e. The van der Waals surface area contributed by atoms with E-state index in [1.54, 1.807) is 0 Å². The molecule has 0 aliphatic carbocycles. The van der Waals surface area contributed by atoms with Crippen molar-refractivity contribution in [3.63, 3.8) is 0 Å². The minimum Gasteiger partial charge on any atom is -0.857 e. The number of rotatable bonds is 8. The molecule has 26 heavy (non-hydrogen) atoms. The topological polar surface area (TPSA) is 80.2 Å². The van der Waals surface area contributed by atoms with E-state index in [0.29, 0.717) is 0 Å². The van der Waals surface area contributed by atoms with Crippen LogP contribution >= 0.6 is 0 Å². The van der Waals surface area contributed by atoms with E-state index in [0.717, 1.165) is 7.11 Å². The van der Waals surface area contributed by atoms with E-state index in [1.807, 2.05) is 0 Å². The van der Waals surface area contributed by atoms with E-state index in [-0.39, 0.29) is 29.6 Å². The van der Waals surface area contributed by atoms with E-state index in [1.165, 1.54) is 28.4 Å². The molecule has 0 aromatic heterocycles. The number of alkyl halides is 8. The van der Waals surface area contributed by atoms with Gasteiger partial charge in [0.2, 0.25) is 0 Å². The van der Waals surface area contributed by atoms with Crippen LogP contribution in [0, 0.1) is 0 Å². The van der Waals surface area contributed by atoms with Crippen LogP contribution in [0.3, 0.4) is 0 Å². The fourth-order valence-electron chi connectivity index (χ4n) is 0.980. The van der Waals surface area contributed by atoms with Crippen molar-refractivity contribution in [1.29, 1.82) is 0 Å². The summed E-state index contributed by atoms with van der Waals surface area (Å²) in [6.07, 6.45) is -4.95. The Morgan fingerprint density at radius 3 is 1.23 bits per heavy atom. The number of hydrogen-bond acceptors (Lipinski definition) is 6. The van der Waals surface area contributed by atoms with Crippen molar-refractivity contribution in [2.45, 2.75) is 24.2 Å². The fourth-order valence-corrected chi connectivity index (χ4v) is 1.98. The van der Waals surface area contributed by atoms with Gasteiger partial charge in [-0.3, -0.25) is 0 Å². The second kappa shape index (κ2) is 14.4. The molecule has 1 N–H and O–H groups in total. The molecule has 0 aliphatic rings. The third-order valence-corrected chi connectivity index (χ3v) is 4.35. The number of aliphatic hydroxyl groups is 1. The molecule has 0 bridgehead atoms. The van der Waals surface area contributed by atoms with Crippen LogP contribution in [0.1, 0.15) is 0 Å². The molecular formula is C10H19F8NaO6Si. The zero-order valence-electron chi connectivity index (χ0n) is 14.8. The maximum Gasteiger partial charge on any atom is 1.00 e. The van der Waals surface area contributed by atoms with E-state index in [4.69, 9.17) is 27.9 Å². The Hall–Kier alpha value is 0.417. The first kappa shape index (κ1) is 34.0. The minimum absolute atomic E-state index is 0. The van der Waals surface area contributed by atoms with Crippen LogP contribution in [0.5, 0.6) is 0 Å². The monoisotopic (exact) mass is 438 g/mol. The molecule has 0 radical (unpaired) electrons. The van der Waals surface area contributed by atoms with Gasteiger partial charge in [-0.25, -0.2) is 8.78 Å². The third kappa shape index (κ3) is 8.62. The zero-order chi connectivity index (χ0) is 21.1. The Balaban J connectivity index is -0.000000176. The Bertz CT molecular complexity index is 332. The molecule has 0 aromatic carbocycles. The second-order valence-electron chi connectivity index (χ2n) is 3.68. The summed E-state index contributed by atoms with van der Waals surface area (Å²) in [7, 11) is 4.01. The van der Waals surface area contributed by atoms with Crippen LogP contribution < -0.4 is 34.7 Å². The van der Waals surface area contributed by atoms with Gasteiger partial charge >= 0.3 is 62.8 Å². The average molecular weight is 438 g/mol. The molecular weight excluding hydrogens is 419 g/mol. The van der Waals surface area contributed by atoms with Gasteiger partial charge in [0.25, 0.3) is 0 Å². The van der Waals surface area contributed by atoms with Crippen molar-refractivity contribution in [2.24, 2.45) is 0 Å². The molecule has 0 fully saturated rings. The summed E-state index contributed by atoms with van der Waals surface area (Å²) in [6, 6.07) is 0. The summed E-state index contributed by atoms with van der Waals surface area (Å²) in [4.78, 5) is 0. The molecule has 0 unspecified atom stereocenters. The predicted octanol–water partition coefficient (Wildman–Crippen LogP) is -1.86. The molecule has 16 heteroatoms. The van der Waals surface area contributed by atoms with Gasteiger partial charge in [0.1, 0.15) is 6.61 Å². The molecule has 6 nitrogen and oxygen atoms in total.